The van der Waals surface area contributed by atoms with E-state index < -0.39 is 0 Å². The average molecular weight is 649 g/mol. The molecule has 0 atom stereocenters. The van der Waals surface area contributed by atoms with Gasteiger partial charge in [-0.3, -0.25) is 9.13 Å². The first-order chi connectivity index (χ1) is 24.4. The van der Waals surface area contributed by atoms with E-state index >= 15 is 0 Å². The molecule has 50 heavy (non-hydrogen) atoms. The van der Waals surface area contributed by atoms with Gasteiger partial charge in [0.2, 0.25) is 0 Å². The Balaban J connectivity index is 1.47. The van der Waals surface area contributed by atoms with Gasteiger partial charge in [0.25, 0.3) is 0 Å². The van der Waals surface area contributed by atoms with Crippen LogP contribution in [0.25, 0.3) is 77.8 Å². The van der Waals surface area contributed by atoms with Crippen molar-refractivity contribution in [2.75, 3.05) is 7.11 Å². The molecular weight excluding hydrogens is 613 g/mol. The second-order valence-electron chi connectivity index (χ2n) is 13.9. The summed E-state index contributed by atoms with van der Waals surface area (Å²) >= 11 is 0. The number of rotatable bonds is 5. The van der Waals surface area contributed by atoms with Crippen LogP contribution < -0.4 is 4.74 Å². The Labute approximate surface area is 291 Å². The predicted molar refractivity (Wildman–Crippen MR) is 207 cm³/mol. The van der Waals surface area contributed by atoms with Crippen molar-refractivity contribution in [2.45, 2.75) is 26.2 Å². The zero-order valence-electron chi connectivity index (χ0n) is 28.6. The van der Waals surface area contributed by atoms with Gasteiger partial charge in [-0.25, -0.2) is 9.97 Å². The molecule has 0 aliphatic heterocycles. The van der Waals surface area contributed by atoms with Gasteiger partial charge in [0.15, 0.2) is 0 Å². The summed E-state index contributed by atoms with van der Waals surface area (Å²) in [6, 6.07) is 51.2. The van der Waals surface area contributed by atoms with Gasteiger partial charge in [-0.1, -0.05) is 118 Å². The summed E-state index contributed by atoms with van der Waals surface area (Å²) in [5.41, 5.74) is 10.5. The Morgan fingerprint density at radius 1 is 0.540 bits per heavy atom. The molecule has 4 aromatic heterocycles. The largest absolute Gasteiger partial charge is 0.497 e. The van der Waals surface area contributed by atoms with Crippen LogP contribution in [0.3, 0.4) is 0 Å². The van der Waals surface area contributed by atoms with Crippen LogP contribution in [0.15, 0.2) is 146 Å². The molecule has 0 spiro atoms. The summed E-state index contributed by atoms with van der Waals surface area (Å²) in [7, 11) is 1.71. The first-order valence-electron chi connectivity index (χ1n) is 17.1. The lowest BCUT2D eigenvalue weighted by molar-refractivity contribution is 0.415. The highest BCUT2D eigenvalue weighted by atomic mass is 16.5. The van der Waals surface area contributed by atoms with E-state index in [2.05, 4.69) is 157 Å². The molecule has 0 N–H and O–H groups in total. The number of hydrogen-bond acceptors (Lipinski definition) is 3. The smallest absolute Gasteiger partial charge is 0.149 e. The second kappa shape index (κ2) is 11.5. The van der Waals surface area contributed by atoms with E-state index in [9.17, 15) is 0 Å². The highest BCUT2D eigenvalue weighted by Gasteiger charge is 2.26. The first-order valence-corrected chi connectivity index (χ1v) is 17.1. The number of hydrogen-bond donors (Lipinski definition) is 0. The SMILES string of the molecule is COc1ccc(-c2c3c4ccccc4n(-c4cccc(C(C)(C)C)c4)c3nc3c2c2ccccc2n3-c2cccc(-c3ccccc3)n2)cc1. The molecule has 5 aromatic carbocycles. The van der Waals surface area contributed by atoms with Crippen molar-refractivity contribution in [1.82, 2.24) is 19.1 Å². The van der Waals surface area contributed by atoms with Crippen LogP contribution >= 0.6 is 0 Å². The zero-order valence-corrected chi connectivity index (χ0v) is 28.6. The quantitative estimate of drug-likeness (QED) is 0.187. The Kier molecular flexibility index (Phi) is 6.85. The number of benzene rings is 5. The summed E-state index contributed by atoms with van der Waals surface area (Å²) in [6.07, 6.45) is 0. The van der Waals surface area contributed by atoms with Crippen molar-refractivity contribution >= 4 is 43.9 Å². The molecule has 0 aliphatic carbocycles. The van der Waals surface area contributed by atoms with E-state index in [0.717, 1.165) is 83.5 Å². The lowest BCUT2D eigenvalue weighted by atomic mass is 9.87. The van der Waals surface area contributed by atoms with Crippen molar-refractivity contribution in [3.63, 3.8) is 0 Å². The standard InChI is InChI=1S/C45H36N4O/c1-45(2,3)31-16-12-17-32(28-31)48-37-21-10-8-18-34(37)41-40(30-24-26-33(50-4)27-25-30)42-35-19-9-11-22-38(35)49(44(42)47-43(41)48)39-23-13-20-36(46-39)29-14-6-5-7-15-29/h5-28H,1-4H3. The number of pyridine rings is 2. The third-order valence-corrected chi connectivity index (χ3v) is 9.79. The van der Waals surface area contributed by atoms with E-state index in [1.807, 2.05) is 18.2 Å². The predicted octanol–water partition coefficient (Wildman–Crippen LogP) is 11.3. The molecule has 4 heterocycles. The van der Waals surface area contributed by atoms with E-state index in [1.165, 1.54) is 5.56 Å². The Bertz CT molecular complexity index is 2710. The van der Waals surface area contributed by atoms with E-state index in [0.29, 0.717) is 0 Å². The van der Waals surface area contributed by atoms with Crippen LogP contribution in [0.4, 0.5) is 0 Å². The summed E-state index contributed by atoms with van der Waals surface area (Å²) < 4.78 is 10.2. The maximum atomic E-state index is 5.68. The lowest BCUT2D eigenvalue weighted by Gasteiger charge is -2.20. The maximum Gasteiger partial charge on any atom is 0.149 e. The van der Waals surface area contributed by atoms with Gasteiger partial charge >= 0.3 is 0 Å². The topological polar surface area (TPSA) is 44.9 Å². The first kappa shape index (κ1) is 29.9. The van der Waals surface area contributed by atoms with Crippen molar-refractivity contribution < 1.29 is 4.74 Å². The van der Waals surface area contributed by atoms with Crippen LogP contribution in [-0.2, 0) is 5.41 Å². The minimum absolute atomic E-state index is 0.00835. The number of nitrogens with zero attached hydrogens (tertiary/aromatic N) is 4. The van der Waals surface area contributed by atoms with E-state index in [4.69, 9.17) is 14.7 Å². The van der Waals surface area contributed by atoms with Gasteiger partial charge in [-0.2, -0.15) is 0 Å². The number of methoxy groups -OCH3 is 1. The second-order valence-corrected chi connectivity index (χ2v) is 13.9. The van der Waals surface area contributed by atoms with Crippen LogP contribution in [0, 0.1) is 0 Å². The molecule has 9 aromatic rings. The van der Waals surface area contributed by atoms with Crippen LogP contribution in [-0.4, -0.2) is 26.2 Å². The number of aromatic nitrogens is 4. The summed E-state index contributed by atoms with van der Waals surface area (Å²) in [4.78, 5) is 10.9. The minimum Gasteiger partial charge on any atom is -0.497 e. The molecule has 5 nitrogen and oxygen atoms in total. The summed E-state index contributed by atoms with van der Waals surface area (Å²) in [6.45, 7) is 6.78. The molecule has 0 radical (unpaired) electrons. The highest BCUT2D eigenvalue weighted by molar-refractivity contribution is 6.26. The van der Waals surface area contributed by atoms with Gasteiger partial charge in [0.1, 0.15) is 22.9 Å². The van der Waals surface area contributed by atoms with Gasteiger partial charge in [0, 0.05) is 38.4 Å². The van der Waals surface area contributed by atoms with E-state index in [-0.39, 0.29) is 5.41 Å². The van der Waals surface area contributed by atoms with Gasteiger partial charge in [-0.15, -0.1) is 0 Å². The normalized spacial score (nSPS) is 12.0. The molecule has 0 fully saturated rings. The average Bonchev–Trinajstić information content (AvgIpc) is 3.67. The molecule has 0 amide bonds. The fraction of sp³-hybridized carbons (Fsp3) is 0.111. The van der Waals surface area contributed by atoms with Crippen LogP contribution in [0.2, 0.25) is 0 Å². The fourth-order valence-electron chi connectivity index (χ4n) is 7.35. The summed E-state index contributed by atoms with van der Waals surface area (Å²) in [5.74, 6) is 1.64. The minimum atomic E-state index is -0.00835. The Hall–Kier alpha value is -6.20. The molecule has 242 valence electrons. The van der Waals surface area contributed by atoms with Crippen LogP contribution in [0.1, 0.15) is 26.3 Å². The van der Waals surface area contributed by atoms with Crippen molar-refractivity contribution in [2.24, 2.45) is 0 Å². The third-order valence-electron chi connectivity index (χ3n) is 9.79. The van der Waals surface area contributed by atoms with Gasteiger partial charge < -0.3 is 4.74 Å². The number of para-hydroxylation sites is 2. The molecule has 0 unspecified atom stereocenters. The fourth-order valence-corrected chi connectivity index (χ4v) is 7.35. The van der Waals surface area contributed by atoms with Crippen molar-refractivity contribution in [1.29, 1.82) is 0 Å². The molecule has 0 aliphatic rings. The maximum absolute atomic E-state index is 5.68. The third kappa shape index (κ3) is 4.69. The Morgan fingerprint density at radius 2 is 1.16 bits per heavy atom. The highest BCUT2D eigenvalue weighted by Crippen LogP contribution is 2.46. The molecule has 0 bridgehead atoms. The van der Waals surface area contributed by atoms with Crippen molar-refractivity contribution in [3.05, 3.63) is 151 Å². The molecule has 0 saturated carbocycles. The number of fused-ring (bicyclic) bond motifs is 6. The zero-order chi connectivity index (χ0) is 34.0. The monoisotopic (exact) mass is 648 g/mol. The molecule has 0 saturated heterocycles. The molecular formula is C45H36N4O. The molecule has 9 rings (SSSR count). The van der Waals surface area contributed by atoms with Crippen molar-refractivity contribution in [3.8, 4) is 39.6 Å². The lowest BCUT2D eigenvalue weighted by Crippen LogP contribution is -2.11. The van der Waals surface area contributed by atoms with E-state index in [1.54, 1.807) is 7.11 Å². The molecule has 5 heteroatoms. The van der Waals surface area contributed by atoms with Gasteiger partial charge in [0.05, 0.1) is 23.8 Å². The van der Waals surface area contributed by atoms with Gasteiger partial charge in [-0.05, 0) is 65.1 Å². The number of ether oxygens (including phenoxy) is 1. The summed E-state index contributed by atoms with van der Waals surface area (Å²) in [5, 5.41) is 4.50. The van der Waals surface area contributed by atoms with Crippen LogP contribution in [0.5, 0.6) is 5.75 Å². The Morgan fingerprint density at radius 3 is 1.84 bits per heavy atom.